The maximum atomic E-state index is 13.8. The molecule has 1 aromatic heterocycles. The molecular formula is C30H24FN3O. The summed E-state index contributed by atoms with van der Waals surface area (Å²) in [5.41, 5.74) is 12.8. The molecule has 0 aliphatic rings. The molecule has 0 atom stereocenters. The van der Waals surface area contributed by atoms with Crippen LogP contribution in [-0.2, 0) is 6.61 Å². The number of nitrogen functional groups attached to an aromatic ring is 1. The second kappa shape index (κ2) is 9.39. The predicted molar refractivity (Wildman–Crippen MR) is 140 cm³/mol. The number of hydrogen-bond acceptors (Lipinski definition) is 4. The summed E-state index contributed by atoms with van der Waals surface area (Å²) in [7, 11) is 0. The van der Waals surface area contributed by atoms with Crippen molar-refractivity contribution in [2.24, 2.45) is 0 Å². The van der Waals surface area contributed by atoms with Gasteiger partial charge in [0.1, 0.15) is 18.2 Å². The number of ether oxygens (including phenoxy) is 1. The first-order valence-corrected chi connectivity index (χ1v) is 11.3. The number of pyridine rings is 1. The van der Waals surface area contributed by atoms with Crippen LogP contribution in [0, 0.1) is 11.2 Å². The van der Waals surface area contributed by atoms with E-state index in [2.05, 4.69) is 0 Å². The Labute approximate surface area is 203 Å². The molecule has 35 heavy (non-hydrogen) atoms. The Morgan fingerprint density at radius 1 is 0.857 bits per heavy atom. The van der Waals surface area contributed by atoms with Crippen LogP contribution in [0.25, 0.3) is 33.3 Å². The van der Waals surface area contributed by atoms with E-state index in [1.807, 2.05) is 78.9 Å². The first kappa shape index (κ1) is 22.3. The van der Waals surface area contributed by atoms with E-state index >= 15 is 0 Å². The van der Waals surface area contributed by atoms with Crippen molar-refractivity contribution in [3.8, 4) is 28.1 Å². The molecule has 0 bridgehead atoms. The number of fused-ring (bicyclic) bond motifs is 1. The molecule has 0 saturated heterocycles. The number of rotatable bonds is 6. The third-order valence-corrected chi connectivity index (χ3v) is 5.96. The average molecular weight is 462 g/mol. The number of nitrogens with two attached hydrogens (primary N) is 1. The van der Waals surface area contributed by atoms with Gasteiger partial charge in [-0.05, 0) is 53.9 Å². The topological polar surface area (TPSA) is 72.0 Å². The van der Waals surface area contributed by atoms with E-state index in [1.54, 1.807) is 13.0 Å². The molecule has 0 fully saturated rings. The maximum absolute atomic E-state index is 13.8. The number of benzene rings is 4. The number of aromatic nitrogens is 1. The van der Waals surface area contributed by atoms with Crippen molar-refractivity contribution in [2.75, 3.05) is 5.73 Å². The van der Waals surface area contributed by atoms with E-state index in [4.69, 9.17) is 20.9 Å². The largest absolute Gasteiger partial charge is 0.489 e. The van der Waals surface area contributed by atoms with Gasteiger partial charge in [0.2, 0.25) is 0 Å². The molecule has 172 valence electrons. The number of nitrogens with one attached hydrogen (secondary N) is 1. The van der Waals surface area contributed by atoms with Crippen molar-refractivity contribution in [2.45, 2.75) is 13.5 Å². The van der Waals surface area contributed by atoms with Gasteiger partial charge in [-0.1, -0.05) is 66.7 Å². The zero-order valence-corrected chi connectivity index (χ0v) is 19.3. The van der Waals surface area contributed by atoms with Crippen LogP contribution < -0.4 is 10.5 Å². The molecule has 0 spiro atoms. The quantitative estimate of drug-likeness (QED) is 0.261. The summed E-state index contributed by atoms with van der Waals surface area (Å²) in [6.07, 6.45) is 0. The summed E-state index contributed by atoms with van der Waals surface area (Å²) in [5.74, 6) is 0.431. The molecule has 0 aliphatic heterocycles. The summed E-state index contributed by atoms with van der Waals surface area (Å²) < 4.78 is 19.7. The summed E-state index contributed by atoms with van der Waals surface area (Å²) in [6, 6.07) is 30.4. The summed E-state index contributed by atoms with van der Waals surface area (Å²) >= 11 is 0. The molecule has 5 heteroatoms. The molecule has 5 aromatic rings. The van der Waals surface area contributed by atoms with Gasteiger partial charge in [-0.15, -0.1) is 0 Å². The third-order valence-electron chi connectivity index (χ3n) is 5.96. The van der Waals surface area contributed by atoms with Crippen molar-refractivity contribution < 1.29 is 9.13 Å². The summed E-state index contributed by atoms with van der Waals surface area (Å²) in [5, 5.41) is 8.77. The third kappa shape index (κ3) is 4.62. The molecular weight excluding hydrogens is 437 g/mol. The van der Waals surface area contributed by atoms with Gasteiger partial charge in [0.15, 0.2) is 0 Å². The highest BCUT2D eigenvalue weighted by atomic mass is 19.1. The van der Waals surface area contributed by atoms with Crippen LogP contribution in [0.4, 0.5) is 10.1 Å². The fourth-order valence-corrected chi connectivity index (χ4v) is 4.15. The van der Waals surface area contributed by atoms with Crippen LogP contribution in [0.15, 0.2) is 97.1 Å². The Morgan fingerprint density at radius 3 is 2.14 bits per heavy atom. The molecule has 1 heterocycles. The lowest BCUT2D eigenvalue weighted by molar-refractivity contribution is 0.306. The minimum absolute atomic E-state index is 0.284. The first-order valence-electron chi connectivity index (χ1n) is 11.3. The van der Waals surface area contributed by atoms with E-state index in [0.717, 1.165) is 28.0 Å². The van der Waals surface area contributed by atoms with Gasteiger partial charge in [-0.25, -0.2) is 9.37 Å². The Kier molecular flexibility index (Phi) is 5.98. The first-order chi connectivity index (χ1) is 17.0. The molecule has 4 nitrogen and oxygen atoms in total. The number of anilines is 1. The lowest BCUT2D eigenvalue weighted by Crippen LogP contribution is -2.06. The number of halogens is 1. The Bertz CT molecular complexity index is 1510. The van der Waals surface area contributed by atoms with Crippen LogP contribution in [-0.4, -0.2) is 10.7 Å². The zero-order chi connectivity index (χ0) is 24.4. The van der Waals surface area contributed by atoms with Crippen molar-refractivity contribution in [3.63, 3.8) is 0 Å². The highest BCUT2D eigenvalue weighted by Gasteiger charge is 2.17. The maximum Gasteiger partial charge on any atom is 0.124 e. The minimum Gasteiger partial charge on any atom is -0.489 e. The second-order valence-electron chi connectivity index (χ2n) is 8.41. The van der Waals surface area contributed by atoms with Gasteiger partial charge < -0.3 is 15.9 Å². The highest BCUT2D eigenvalue weighted by Crippen LogP contribution is 2.34. The molecule has 3 N–H and O–H groups in total. The predicted octanol–water partition coefficient (Wildman–Crippen LogP) is 7.26. The van der Waals surface area contributed by atoms with Crippen LogP contribution in [0.2, 0.25) is 0 Å². The lowest BCUT2D eigenvalue weighted by atomic mass is 9.96. The van der Waals surface area contributed by atoms with Gasteiger partial charge in [-0.2, -0.15) is 0 Å². The van der Waals surface area contributed by atoms with Crippen molar-refractivity contribution >= 4 is 22.3 Å². The molecule has 5 rings (SSSR count). The fourth-order valence-electron chi connectivity index (χ4n) is 4.15. The van der Waals surface area contributed by atoms with E-state index in [-0.39, 0.29) is 11.5 Å². The van der Waals surface area contributed by atoms with E-state index in [0.29, 0.717) is 34.5 Å². The van der Waals surface area contributed by atoms with Gasteiger partial charge in [0, 0.05) is 22.2 Å². The number of hydrogen-bond donors (Lipinski definition) is 2. The van der Waals surface area contributed by atoms with Crippen LogP contribution in [0.5, 0.6) is 5.75 Å². The number of nitrogens with zero attached hydrogens (tertiary/aromatic N) is 1. The van der Waals surface area contributed by atoms with E-state index in [1.165, 1.54) is 12.1 Å². The van der Waals surface area contributed by atoms with Crippen LogP contribution in [0.1, 0.15) is 18.1 Å². The lowest BCUT2D eigenvalue weighted by Gasteiger charge is -2.14. The van der Waals surface area contributed by atoms with Gasteiger partial charge in [-0.3, -0.25) is 0 Å². The van der Waals surface area contributed by atoms with Crippen molar-refractivity contribution in [1.29, 1.82) is 5.41 Å². The molecule has 0 saturated carbocycles. The Hall–Kier alpha value is -4.51. The van der Waals surface area contributed by atoms with Gasteiger partial charge >= 0.3 is 0 Å². The SMILES string of the molecule is CC(=N)c1c(-c2ccc(-c3ccc(OCc4ccccc4)cc3)cc2)nc2ccc(F)cc2c1N. The Balaban J connectivity index is 1.41. The monoisotopic (exact) mass is 461 g/mol. The van der Waals surface area contributed by atoms with Gasteiger partial charge in [0.25, 0.3) is 0 Å². The van der Waals surface area contributed by atoms with Crippen molar-refractivity contribution in [3.05, 3.63) is 114 Å². The minimum atomic E-state index is -0.381. The normalized spacial score (nSPS) is 10.9. The molecule has 0 unspecified atom stereocenters. The standard InChI is InChI=1S/C30H24FN3O/c1-19(32)28-29(33)26-17-24(31)13-16-27(26)34-30(28)23-9-7-21(8-10-23)22-11-14-25(15-12-22)35-18-20-5-3-2-4-6-20/h2-17,32H,18H2,1H3,(H2,33,34). The van der Waals surface area contributed by atoms with Crippen LogP contribution in [0.3, 0.4) is 0 Å². The molecule has 4 aromatic carbocycles. The Morgan fingerprint density at radius 2 is 1.49 bits per heavy atom. The van der Waals surface area contributed by atoms with E-state index < -0.39 is 0 Å². The van der Waals surface area contributed by atoms with Crippen molar-refractivity contribution in [1.82, 2.24) is 4.98 Å². The van der Waals surface area contributed by atoms with Gasteiger partial charge in [0.05, 0.1) is 16.9 Å². The summed E-state index contributed by atoms with van der Waals surface area (Å²) in [6.45, 7) is 2.19. The molecule has 0 radical (unpaired) electrons. The van der Waals surface area contributed by atoms with E-state index in [9.17, 15) is 4.39 Å². The highest BCUT2D eigenvalue weighted by molar-refractivity contribution is 6.12. The van der Waals surface area contributed by atoms with Crippen LogP contribution >= 0.6 is 0 Å². The smallest absolute Gasteiger partial charge is 0.124 e. The zero-order valence-electron chi connectivity index (χ0n) is 19.3. The second-order valence-corrected chi connectivity index (χ2v) is 8.41. The average Bonchev–Trinajstić information content (AvgIpc) is 2.88. The fraction of sp³-hybridized carbons (Fsp3) is 0.0667. The summed E-state index contributed by atoms with van der Waals surface area (Å²) in [4.78, 5) is 4.72. The molecule has 0 aliphatic carbocycles. The molecule has 0 amide bonds.